The number of hydrogen-bond donors (Lipinski definition) is 0. The highest BCUT2D eigenvalue weighted by Gasteiger charge is 2.59. The molecule has 0 spiro atoms. The van der Waals surface area contributed by atoms with Crippen molar-refractivity contribution in [3.8, 4) is 0 Å². The van der Waals surface area contributed by atoms with Crippen molar-refractivity contribution in [2.75, 3.05) is 32.7 Å². The number of benzene rings is 2. The Morgan fingerprint density at radius 2 is 1.40 bits per heavy atom. The van der Waals surface area contributed by atoms with Crippen LogP contribution in [0, 0.1) is 23.7 Å². The standard InChI is InChI=1S/C28H28ClN3O3/c29-22-10-8-19(9-11-22)26(18-4-2-1-3-5-18)31-14-12-30(13-15-31)23(33)17-32-27(34)24-20-6-7-21(16-20)25(24)28(32)35/h1-11,20-21,24-26H,12-17H2/t20-,21-,24-,25+,26-/m0/s1. The molecule has 35 heavy (non-hydrogen) atoms. The van der Waals surface area contributed by atoms with Gasteiger partial charge in [0.15, 0.2) is 0 Å². The van der Waals surface area contributed by atoms with E-state index in [1.165, 1.54) is 10.5 Å². The predicted molar refractivity (Wildman–Crippen MR) is 132 cm³/mol. The number of carbonyl (C=O) groups excluding carboxylic acids is 3. The van der Waals surface area contributed by atoms with Gasteiger partial charge in [-0.2, -0.15) is 0 Å². The summed E-state index contributed by atoms with van der Waals surface area (Å²) in [6, 6.07) is 18.3. The molecule has 4 aliphatic rings. The maximum atomic E-state index is 13.1. The van der Waals surface area contributed by atoms with Crippen molar-refractivity contribution in [1.29, 1.82) is 0 Å². The third-order valence-electron chi connectivity index (χ3n) is 8.19. The summed E-state index contributed by atoms with van der Waals surface area (Å²) in [5.74, 6) is -0.650. The molecule has 3 fully saturated rings. The summed E-state index contributed by atoms with van der Waals surface area (Å²) in [7, 11) is 0. The van der Waals surface area contributed by atoms with Crippen LogP contribution in [0.3, 0.4) is 0 Å². The summed E-state index contributed by atoms with van der Waals surface area (Å²) in [4.78, 5) is 44.5. The molecular formula is C28H28ClN3O3. The molecule has 2 bridgehead atoms. The number of imide groups is 1. The number of fused-ring (bicyclic) bond motifs is 5. The zero-order valence-corrected chi connectivity index (χ0v) is 20.2. The molecule has 6 rings (SSSR count). The van der Waals surface area contributed by atoms with Crippen LogP contribution in [-0.2, 0) is 14.4 Å². The van der Waals surface area contributed by atoms with Gasteiger partial charge in [-0.1, -0.05) is 66.2 Å². The number of likely N-dealkylation sites (tertiary alicyclic amines) is 1. The fraction of sp³-hybridized carbons (Fsp3) is 0.393. The van der Waals surface area contributed by atoms with Crippen LogP contribution in [0.4, 0.5) is 0 Å². The molecule has 6 nitrogen and oxygen atoms in total. The average Bonchev–Trinajstić information content (AvgIpc) is 3.57. The monoisotopic (exact) mass is 489 g/mol. The van der Waals surface area contributed by atoms with Gasteiger partial charge in [-0.25, -0.2) is 0 Å². The van der Waals surface area contributed by atoms with Crippen LogP contribution < -0.4 is 0 Å². The van der Waals surface area contributed by atoms with Gasteiger partial charge in [0.1, 0.15) is 6.54 Å². The van der Waals surface area contributed by atoms with Crippen LogP contribution in [-0.4, -0.2) is 65.1 Å². The third kappa shape index (κ3) is 3.89. The number of allylic oxidation sites excluding steroid dienone is 2. The van der Waals surface area contributed by atoms with E-state index in [9.17, 15) is 14.4 Å². The van der Waals surface area contributed by atoms with E-state index in [0.29, 0.717) is 31.2 Å². The molecule has 0 N–H and O–H groups in total. The molecule has 2 saturated heterocycles. The Bertz CT molecular complexity index is 1140. The number of rotatable bonds is 5. The summed E-state index contributed by atoms with van der Waals surface area (Å²) in [5.41, 5.74) is 2.35. The fourth-order valence-electron chi connectivity index (χ4n) is 6.48. The Balaban J connectivity index is 1.12. The van der Waals surface area contributed by atoms with E-state index >= 15 is 0 Å². The summed E-state index contributed by atoms with van der Waals surface area (Å²) in [6.07, 6.45) is 5.05. The number of piperazine rings is 1. The Morgan fingerprint density at radius 1 is 0.829 bits per heavy atom. The van der Waals surface area contributed by atoms with Gasteiger partial charge >= 0.3 is 0 Å². The molecule has 2 aliphatic carbocycles. The van der Waals surface area contributed by atoms with Gasteiger partial charge in [-0.3, -0.25) is 24.2 Å². The smallest absolute Gasteiger partial charge is 0.242 e. The fourth-order valence-corrected chi connectivity index (χ4v) is 6.61. The van der Waals surface area contributed by atoms with E-state index in [1.54, 1.807) is 4.90 Å². The van der Waals surface area contributed by atoms with Crippen LogP contribution in [0.15, 0.2) is 66.7 Å². The number of halogens is 1. The van der Waals surface area contributed by atoms with Crippen molar-refractivity contribution in [2.45, 2.75) is 12.5 Å². The molecule has 2 aromatic rings. The lowest BCUT2D eigenvalue weighted by molar-refractivity contribution is -0.147. The Morgan fingerprint density at radius 3 is 2.00 bits per heavy atom. The van der Waals surface area contributed by atoms with Crippen molar-refractivity contribution in [3.05, 3.63) is 82.9 Å². The van der Waals surface area contributed by atoms with Crippen molar-refractivity contribution < 1.29 is 14.4 Å². The lowest BCUT2D eigenvalue weighted by Crippen LogP contribution is -2.52. The van der Waals surface area contributed by atoms with Crippen LogP contribution in [0.25, 0.3) is 0 Å². The summed E-state index contributed by atoms with van der Waals surface area (Å²) < 4.78 is 0. The average molecular weight is 490 g/mol. The summed E-state index contributed by atoms with van der Waals surface area (Å²) in [6.45, 7) is 2.39. The Kier molecular flexibility index (Phi) is 5.73. The third-order valence-corrected chi connectivity index (χ3v) is 8.44. The minimum atomic E-state index is -0.256. The molecular weight excluding hydrogens is 462 g/mol. The maximum Gasteiger partial charge on any atom is 0.242 e. The highest BCUT2D eigenvalue weighted by atomic mass is 35.5. The lowest BCUT2D eigenvalue weighted by Gasteiger charge is -2.40. The maximum absolute atomic E-state index is 13.1. The highest BCUT2D eigenvalue weighted by Crippen LogP contribution is 2.52. The van der Waals surface area contributed by atoms with Gasteiger partial charge in [-0.05, 0) is 41.5 Å². The van der Waals surface area contributed by atoms with Gasteiger partial charge in [0.05, 0.1) is 17.9 Å². The van der Waals surface area contributed by atoms with Crippen molar-refractivity contribution >= 4 is 29.3 Å². The summed E-state index contributed by atoms with van der Waals surface area (Å²) >= 11 is 6.13. The van der Waals surface area contributed by atoms with Gasteiger partial charge in [0.2, 0.25) is 17.7 Å². The van der Waals surface area contributed by atoms with Gasteiger partial charge in [0.25, 0.3) is 0 Å². The van der Waals surface area contributed by atoms with Gasteiger partial charge in [-0.15, -0.1) is 0 Å². The summed E-state index contributed by atoms with van der Waals surface area (Å²) in [5, 5.41) is 0.704. The first kappa shape index (κ1) is 22.5. The first-order valence-electron chi connectivity index (χ1n) is 12.4. The van der Waals surface area contributed by atoms with Crippen molar-refractivity contribution in [2.24, 2.45) is 23.7 Å². The minimum Gasteiger partial charge on any atom is -0.339 e. The van der Waals surface area contributed by atoms with Gasteiger partial charge < -0.3 is 4.90 Å². The quantitative estimate of drug-likeness (QED) is 0.477. The second kappa shape index (κ2) is 8.92. The normalized spacial score (nSPS) is 28.6. The molecule has 2 aromatic carbocycles. The van der Waals surface area contributed by atoms with E-state index < -0.39 is 0 Å². The predicted octanol–water partition coefficient (Wildman–Crippen LogP) is 3.38. The Labute approximate surface area is 210 Å². The highest BCUT2D eigenvalue weighted by molar-refractivity contribution is 6.30. The number of hydrogen-bond acceptors (Lipinski definition) is 4. The van der Waals surface area contributed by atoms with E-state index in [-0.39, 0.29) is 54.0 Å². The minimum absolute atomic E-state index is 0.0646. The van der Waals surface area contributed by atoms with E-state index in [2.05, 4.69) is 41.3 Å². The second-order valence-corrected chi connectivity index (χ2v) is 10.5. The van der Waals surface area contributed by atoms with Crippen molar-refractivity contribution in [3.63, 3.8) is 0 Å². The lowest BCUT2D eigenvalue weighted by atomic mass is 9.85. The zero-order valence-electron chi connectivity index (χ0n) is 19.4. The second-order valence-electron chi connectivity index (χ2n) is 10.0. The molecule has 3 amide bonds. The first-order valence-corrected chi connectivity index (χ1v) is 12.7. The number of nitrogens with zero attached hydrogens (tertiary/aromatic N) is 3. The van der Waals surface area contributed by atoms with Crippen LogP contribution >= 0.6 is 11.6 Å². The largest absolute Gasteiger partial charge is 0.339 e. The van der Waals surface area contributed by atoms with Crippen molar-refractivity contribution in [1.82, 2.24) is 14.7 Å². The SMILES string of the molecule is O=C(CN1C(=O)[C@@H]2[C@H](C1=O)[C@H]1C=C[C@H]2C1)N1CCN([C@@H](c2ccccc2)c2ccc(Cl)cc2)CC1. The number of amides is 3. The molecule has 0 aromatic heterocycles. The van der Waals surface area contributed by atoms with Crippen LogP contribution in [0.2, 0.25) is 5.02 Å². The first-order chi connectivity index (χ1) is 17.0. The topological polar surface area (TPSA) is 60.9 Å². The molecule has 1 saturated carbocycles. The van der Waals surface area contributed by atoms with E-state index in [1.807, 2.05) is 30.3 Å². The molecule has 7 heteroatoms. The molecule has 2 heterocycles. The molecule has 5 atom stereocenters. The van der Waals surface area contributed by atoms with Crippen LogP contribution in [0.5, 0.6) is 0 Å². The van der Waals surface area contributed by atoms with Crippen LogP contribution in [0.1, 0.15) is 23.6 Å². The molecule has 0 unspecified atom stereocenters. The zero-order chi connectivity index (χ0) is 24.1. The molecule has 180 valence electrons. The number of carbonyl (C=O) groups is 3. The molecule has 2 aliphatic heterocycles. The van der Waals surface area contributed by atoms with E-state index in [4.69, 9.17) is 11.6 Å². The van der Waals surface area contributed by atoms with E-state index in [0.717, 1.165) is 12.0 Å². The Hall–Kier alpha value is -2.96. The molecule has 0 radical (unpaired) electrons. The van der Waals surface area contributed by atoms with Gasteiger partial charge in [0, 0.05) is 31.2 Å².